The van der Waals surface area contributed by atoms with Gasteiger partial charge in [0.2, 0.25) is 5.91 Å². The van der Waals surface area contributed by atoms with Crippen molar-refractivity contribution in [3.8, 4) is 0 Å². The van der Waals surface area contributed by atoms with Crippen molar-refractivity contribution in [3.63, 3.8) is 0 Å². The van der Waals surface area contributed by atoms with Gasteiger partial charge in [-0.3, -0.25) is 4.79 Å². The molecule has 0 aliphatic rings. The minimum atomic E-state index is 0.0278. The molecule has 0 atom stereocenters. The van der Waals surface area contributed by atoms with Crippen LogP contribution in [0.1, 0.15) is 12.2 Å². The van der Waals surface area contributed by atoms with Gasteiger partial charge in [0.05, 0.1) is 6.54 Å². The summed E-state index contributed by atoms with van der Waals surface area (Å²) in [7, 11) is 1.73. The number of rotatable bonds is 4. The molecule has 1 heterocycles. The topological polar surface area (TPSA) is 59.5 Å². The largest absolute Gasteiger partial charge is 0.452 e. The predicted octanol–water partition coefficient (Wildman–Crippen LogP) is 1.35. The number of furan rings is 1. The molecule has 1 aromatic heterocycles. The third kappa shape index (κ3) is 3.16. The number of nitrogens with zero attached hydrogens (tertiary/aromatic N) is 1. The Kier molecular flexibility index (Phi) is 4.16. The van der Waals surface area contributed by atoms with E-state index >= 15 is 0 Å². The molecule has 14 heavy (non-hydrogen) atoms. The Morgan fingerprint density at radius 2 is 2.36 bits per heavy atom. The molecule has 1 rings (SSSR count). The average Bonchev–Trinajstić information content (AvgIpc) is 2.51. The van der Waals surface area contributed by atoms with Gasteiger partial charge in [-0.15, -0.1) is 0 Å². The highest BCUT2D eigenvalue weighted by Gasteiger charge is 2.09. The van der Waals surface area contributed by atoms with Crippen LogP contribution in [0.2, 0.25) is 0 Å². The molecule has 0 aromatic carbocycles. The molecule has 0 bridgehead atoms. The van der Waals surface area contributed by atoms with E-state index in [9.17, 15) is 4.79 Å². The molecule has 0 unspecified atom stereocenters. The number of hydrogen-bond acceptors (Lipinski definition) is 3. The smallest absolute Gasteiger partial charge is 0.223 e. The van der Waals surface area contributed by atoms with E-state index in [1.54, 1.807) is 18.0 Å². The second kappa shape index (κ2) is 5.17. The van der Waals surface area contributed by atoms with Gasteiger partial charge in [-0.05, 0) is 28.1 Å². The maximum absolute atomic E-state index is 11.3. The highest BCUT2D eigenvalue weighted by Crippen LogP contribution is 2.15. The highest BCUT2D eigenvalue weighted by atomic mass is 79.9. The summed E-state index contributed by atoms with van der Waals surface area (Å²) in [5.74, 6) is 0.782. The Morgan fingerprint density at radius 3 is 2.86 bits per heavy atom. The molecule has 0 aliphatic heterocycles. The van der Waals surface area contributed by atoms with Crippen molar-refractivity contribution >= 4 is 21.8 Å². The van der Waals surface area contributed by atoms with Gasteiger partial charge in [-0.1, -0.05) is 0 Å². The zero-order valence-corrected chi connectivity index (χ0v) is 9.58. The van der Waals surface area contributed by atoms with Gasteiger partial charge in [0.25, 0.3) is 0 Å². The summed E-state index contributed by atoms with van der Waals surface area (Å²) in [5, 5.41) is 0. The molecule has 1 amide bonds. The van der Waals surface area contributed by atoms with E-state index in [-0.39, 0.29) is 5.91 Å². The third-order valence-electron chi connectivity index (χ3n) is 1.81. The zero-order chi connectivity index (χ0) is 10.6. The minimum absolute atomic E-state index is 0.0278. The van der Waals surface area contributed by atoms with Crippen LogP contribution in [0.25, 0.3) is 0 Å². The first-order chi connectivity index (χ1) is 6.63. The first-order valence-electron chi connectivity index (χ1n) is 4.31. The van der Waals surface area contributed by atoms with E-state index in [0.717, 1.165) is 5.76 Å². The molecule has 1 aromatic rings. The Bertz CT molecular complexity index is 312. The summed E-state index contributed by atoms with van der Waals surface area (Å²) in [4.78, 5) is 12.9. The molecule has 0 radical (unpaired) electrons. The summed E-state index contributed by atoms with van der Waals surface area (Å²) in [6.07, 6.45) is 0.373. The van der Waals surface area contributed by atoms with Crippen molar-refractivity contribution in [2.75, 3.05) is 13.6 Å². The quantitative estimate of drug-likeness (QED) is 0.889. The van der Waals surface area contributed by atoms with Crippen LogP contribution < -0.4 is 5.73 Å². The fraction of sp³-hybridized carbons (Fsp3) is 0.444. The number of carbonyl (C=O) groups is 1. The fourth-order valence-electron chi connectivity index (χ4n) is 1.07. The van der Waals surface area contributed by atoms with Gasteiger partial charge in [0.1, 0.15) is 5.76 Å². The average molecular weight is 261 g/mol. The fourth-order valence-corrected chi connectivity index (χ4v) is 1.41. The normalized spacial score (nSPS) is 10.2. The second-order valence-electron chi connectivity index (χ2n) is 2.99. The number of nitrogens with two attached hydrogens (primary N) is 1. The van der Waals surface area contributed by atoms with Crippen LogP contribution in [0.15, 0.2) is 21.2 Å². The lowest BCUT2D eigenvalue weighted by Gasteiger charge is -2.14. The standard InChI is InChI=1S/C9H13BrN2O2/c1-12(9(13)4-5-11)6-7-2-3-8(10)14-7/h2-3H,4-6,11H2,1H3. The summed E-state index contributed by atoms with van der Waals surface area (Å²) in [5.41, 5.74) is 5.29. The summed E-state index contributed by atoms with van der Waals surface area (Å²) in [6.45, 7) is 0.857. The van der Waals surface area contributed by atoms with Crippen LogP contribution in [-0.2, 0) is 11.3 Å². The van der Waals surface area contributed by atoms with Crippen LogP contribution in [0, 0.1) is 0 Å². The van der Waals surface area contributed by atoms with E-state index in [2.05, 4.69) is 15.9 Å². The van der Waals surface area contributed by atoms with Gasteiger partial charge in [0.15, 0.2) is 4.67 Å². The maximum Gasteiger partial charge on any atom is 0.223 e. The molecule has 0 saturated heterocycles. The minimum Gasteiger partial charge on any atom is -0.452 e. The highest BCUT2D eigenvalue weighted by molar-refractivity contribution is 9.10. The number of hydrogen-bond donors (Lipinski definition) is 1. The number of carbonyl (C=O) groups excluding carboxylic acids is 1. The molecule has 5 heteroatoms. The summed E-state index contributed by atoms with van der Waals surface area (Å²) >= 11 is 3.20. The SMILES string of the molecule is CN(Cc1ccc(Br)o1)C(=O)CCN. The molecule has 4 nitrogen and oxygen atoms in total. The first kappa shape index (κ1) is 11.3. The van der Waals surface area contributed by atoms with Crippen molar-refractivity contribution in [1.82, 2.24) is 4.90 Å². The molecular weight excluding hydrogens is 248 g/mol. The van der Waals surface area contributed by atoms with Crippen molar-refractivity contribution in [2.45, 2.75) is 13.0 Å². The van der Waals surface area contributed by atoms with Gasteiger partial charge < -0.3 is 15.1 Å². The Balaban J connectivity index is 2.48. The van der Waals surface area contributed by atoms with Crippen LogP contribution in [0.4, 0.5) is 0 Å². The Labute approximate surface area is 91.2 Å². The molecular formula is C9H13BrN2O2. The Hall–Kier alpha value is -0.810. The monoisotopic (exact) mass is 260 g/mol. The number of halogens is 1. The van der Waals surface area contributed by atoms with Crippen LogP contribution >= 0.6 is 15.9 Å². The lowest BCUT2D eigenvalue weighted by atomic mass is 10.3. The van der Waals surface area contributed by atoms with E-state index in [0.29, 0.717) is 24.2 Å². The maximum atomic E-state index is 11.3. The third-order valence-corrected chi connectivity index (χ3v) is 2.23. The van der Waals surface area contributed by atoms with Crippen LogP contribution in [0.3, 0.4) is 0 Å². The molecule has 0 saturated carbocycles. The summed E-state index contributed by atoms with van der Waals surface area (Å²) in [6, 6.07) is 3.63. The zero-order valence-electron chi connectivity index (χ0n) is 8.00. The Morgan fingerprint density at radius 1 is 1.64 bits per heavy atom. The first-order valence-corrected chi connectivity index (χ1v) is 5.11. The predicted molar refractivity (Wildman–Crippen MR) is 56.6 cm³/mol. The second-order valence-corrected chi connectivity index (χ2v) is 3.78. The van der Waals surface area contributed by atoms with Crippen molar-refractivity contribution in [2.24, 2.45) is 5.73 Å². The van der Waals surface area contributed by atoms with Crippen LogP contribution in [0.5, 0.6) is 0 Å². The van der Waals surface area contributed by atoms with E-state index in [4.69, 9.17) is 10.2 Å². The van der Waals surface area contributed by atoms with Gasteiger partial charge in [0, 0.05) is 20.0 Å². The van der Waals surface area contributed by atoms with Gasteiger partial charge in [-0.2, -0.15) is 0 Å². The molecule has 0 aliphatic carbocycles. The lowest BCUT2D eigenvalue weighted by Crippen LogP contribution is -2.27. The summed E-state index contributed by atoms with van der Waals surface area (Å²) < 4.78 is 5.95. The van der Waals surface area contributed by atoms with E-state index in [1.165, 1.54) is 0 Å². The molecule has 0 spiro atoms. The lowest BCUT2D eigenvalue weighted by molar-refractivity contribution is -0.130. The van der Waals surface area contributed by atoms with E-state index < -0.39 is 0 Å². The van der Waals surface area contributed by atoms with Gasteiger partial charge in [-0.25, -0.2) is 0 Å². The van der Waals surface area contributed by atoms with Crippen LogP contribution in [-0.4, -0.2) is 24.4 Å². The molecule has 0 fully saturated rings. The van der Waals surface area contributed by atoms with Crippen molar-refractivity contribution in [3.05, 3.63) is 22.6 Å². The molecule has 2 N–H and O–H groups in total. The van der Waals surface area contributed by atoms with E-state index in [1.807, 2.05) is 6.07 Å². The molecule has 78 valence electrons. The number of amides is 1. The van der Waals surface area contributed by atoms with Gasteiger partial charge >= 0.3 is 0 Å². The van der Waals surface area contributed by atoms with Crippen molar-refractivity contribution in [1.29, 1.82) is 0 Å². The van der Waals surface area contributed by atoms with Crippen molar-refractivity contribution < 1.29 is 9.21 Å².